The maximum atomic E-state index is 14.7. The third-order valence-electron chi connectivity index (χ3n) is 5.00. The number of nitrogens with zero attached hydrogens (tertiary/aromatic N) is 3. The second-order valence-corrected chi connectivity index (χ2v) is 8.05. The summed E-state index contributed by atoms with van der Waals surface area (Å²) in [5, 5.41) is 22.7. The van der Waals surface area contributed by atoms with Crippen molar-refractivity contribution in [3.05, 3.63) is 65.1 Å². The number of nitrogens with one attached hydrogen (secondary N) is 1. The fraction of sp³-hybridized carbons (Fsp3) is 0.227. The standard InChI is InChI=1S/C22H19FN4O2S/c23-18-9-17(20-13-26-22(30-20)27-7-1-2-8-27)19(28)10-16(18)21(29)25-12-15-5-3-14(11-24)4-6-15/h3-6,9-10,13,28H,1-2,7-8,12H2,(H,25,29). The molecule has 2 N–H and O–H groups in total. The number of carbonyl (C=O) groups excluding carboxylic acids is 1. The first-order chi connectivity index (χ1) is 14.5. The first-order valence-electron chi connectivity index (χ1n) is 9.56. The highest BCUT2D eigenvalue weighted by Gasteiger charge is 2.20. The minimum absolute atomic E-state index is 0.170. The lowest BCUT2D eigenvalue weighted by Gasteiger charge is -2.12. The molecule has 30 heavy (non-hydrogen) atoms. The zero-order chi connectivity index (χ0) is 21.1. The van der Waals surface area contributed by atoms with E-state index >= 15 is 0 Å². The van der Waals surface area contributed by atoms with Crippen molar-refractivity contribution in [1.82, 2.24) is 10.3 Å². The molecular formula is C22H19FN4O2S. The van der Waals surface area contributed by atoms with Gasteiger partial charge in [-0.2, -0.15) is 5.26 Å². The summed E-state index contributed by atoms with van der Waals surface area (Å²) in [5.41, 5.74) is 1.39. The monoisotopic (exact) mass is 422 g/mol. The van der Waals surface area contributed by atoms with Gasteiger partial charge < -0.3 is 15.3 Å². The summed E-state index contributed by atoms with van der Waals surface area (Å²) in [4.78, 5) is 19.6. The largest absolute Gasteiger partial charge is 0.507 e. The van der Waals surface area contributed by atoms with Crippen molar-refractivity contribution in [3.8, 4) is 22.3 Å². The van der Waals surface area contributed by atoms with Crippen LogP contribution in [-0.4, -0.2) is 29.1 Å². The molecule has 1 aliphatic rings. The van der Waals surface area contributed by atoms with Crippen LogP contribution in [0.15, 0.2) is 42.6 Å². The SMILES string of the molecule is N#Cc1ccc(CNC(=O)c2cc(O)c(-c3cnc(N4CCCC4)s3)cc2F)cc1. The molecule has 0 spiro atoms. The van der Waals surface area contributed by atoms with E-state index in [0.717, 1.165) is 42.7 Å². The van der Waals surface area contributed by atoms with Crippen LogP contribution >= 0.6 is 11.3 Å². The van der Waals surface area contributed by atoms with Crippen molar-refractivity contribution in [1.29, 1.82) is 5.26 Å². The number of hydrogen-bond donors (Lipinski definition) is 2. The van der Waals surface area contributed by atoms with Crippen molar-refractivity contribution in [3.63, 3.8) is 0 Å². The summed E-state index contributed by atoms with van der Waals surface area (Å²) < 4.78 is 14.7. The Morgan fingerprint density at radius 3 is 2.70 bits per heavy atom. The zero-order valence-corrected chi connectivity index (χ0v) is 16.9. The molecule has 8 heteroatoms. The average Bonchev–Trinajstić information content (AvgIpc) is 3.45. The number of rotatable bonds is 5. The fourth-order valence-corrected chi connectivity index (χ4v) is 4.34. The van der Waals surface area contributed by atoms with Crippen LogP contribution in [0.2, 0.25) is 0 Å². The Morgan fingerprint density at radius 2 is 2.00 bits per heavy atom. The van der Waals surface area contributed by atoms with Crippen LogP contribution in [0.5, 0.6) is 5.75 Å². The molecule has 0 aliphatic carbocycles. The van der Waals surface area contributed by atoms with Crippen molar-refractivity contribution in [2.75, 3.05) is 18.0 Å². The fourth-order valence-electron chi connectivity index (χ4n) is 3.35. The Balaban J connectivity index is 1.49. The van der Waals surface area contributed by atoms with E-state index in [9.17, 15) is 14.3 Å². The van der Waals surface area contributed by atoms with E-state index in [0.29, 0.717) is 16.0 Å². The van der Waals surface area contributed by atoms with Crippen molar-refractivity contribution in [2.45, 2.75) is 19.4 Å². The number of thiazole rings is 1. The quantitative estimate of drug-likeness (QED) is 0.647. The van der Waals surface area contributed by atoms with Crippen LogP contribution < -0.4 is 10.2 Å². The van der Waals surface area contributed by atoms with E-state index in [1.54, 1.807) is 30.5 Å². The highest BCUT2D eigenvalue weighted by atomic mass is 32.1. The predicted molar refractivity (Wildman–Crippen MR) is 113 cm³/mol. The molecule has 6 nitrogen and oxygen atoms in total. The Bertz CT molecular complexity index is 1120. The third-order valence-corrected chi connectivity index (χ3v) is 6.09. The molecule has 3 aromatic rings. The number of benzene rings is 2. The molecule has 1 aromatic heterocycles. The molecule has 2 heterocycles. The van der Waals surface area contributed by atoms with Gasteiger partial charge in [-0.25, -0.2) is 9.37 Å². The van der Waals surface area contributed by atoms with Crippen molar-refractivity contribution in [2.24, 2.45) is 0 Å². The molecule has 1 saturated heterocycles. The van der Waals surface area contributed by atoms with Crippen LogP contribution in [-0.2, 0) is 6.54 Å². The van der Waals surface area contributed by atoms with Gasteiger partial charge in [0.05, 0.1) is 22.1 Å². The number of nitriles is 1. The number of phenols is 1. The zero-order valence-electron chi connectivity index (χ0n) is 16.1. The van der Waals surface area contributed by atoms with Gasteiger partial charge >= 0.3 is 0 Å². The van der Waals surface area contributed by atoms with Gasteiger partial charge in [-0.3, -0.25) is 4.79 Å². The molecule has 0 bridgehead atoms. The Hall–Kier alpha value is -3.44. The molecule has 0 atom stereocenters. The second-order valence-electron chi connectivity index (χ2n) is 7.04. The summed E-state index contributed by atoms with van der Waals surface area (Å²) in [6.45, 7) is 2.08. The van der Waals surface area contributed by atoms with E-state index < -0.39 is 11.7 Å². The van der Waals surface area contributed by atoms with Gasteiger partial charge in [-0.15, -0.1) is 0 Å². The first kappa shape index (κ1) is 19.9. The molecule has 1 amide bonds. The number of aromatic nitrogens is 1. The minimum Gasteiger partial charge on any atom is -0.507 e. The van der Waals surface area contributed by atoms with E-state index in [1.807, 2.05) is 6.07 Å². The molecule has 0 unspecified atom stereocenters. The first-order valence-corrected chi connectivity index (χ1v) is 10.4. The lowest BCUT2D eigenvalue weighted by molar-refractivity contribution is 0.0946. The summed E-state index contributed by atoms with van der Waals surface area (Å²) in [7, 11) is 0. The van der Waals surface area contributed by atoms with Crippen molar-refractivity contribution >= 4 is 22.4 Å². The number of hydrogen-bond acceptors (Lipinski definition) is 6. The van der Waals surface area contributed by atoms with Crippen LogP contribution in [0.3, 0.4) is 0 Å². The molecule has 4 rings (SSSR count). The third kappa shape index (κ3) is 4.11. The average molecular weight is 422 g/mol. The Kier molecular flexibility index (Phi) is 5.63. The highest BCUT2D eigenvalue weighted by molar-refractivity contribution is 7.19. The summed E-state index contributed by atoms with van der Waals surface area (Å²) in [6, 6.07) is 11.1. The van der Waals surface area contributed by atoms with Gasteiger partial charge in [-0.1, -0.05) is 23.5 Å². The van der Waals surface area contributed by atoms with E-state index in [-0.39, 0.29) is 17.9 Å². The predicted octanol–water partition coefficient (Wildman–Crippen LogP) is 4.06. The highest BCUT2D eigenvalue weighted by Crippen LogP contribution is 2.38. The van der Waals surface area contributed by atoms with Crippen LogP contribution in [0, 0.1) is 17.1 Å². The van der Waals surface area contributed by atoms with Gasteiger partial charge in [0.15, 0.2) is 5.13 Å². The topological polar surface area (TPSA) is 89.2 Å². The molecule has 0 saturated carbocycles. The lowest BCUT2D eigenvalue weighted by Crippen LogP contribution is -2.23. The summed E-state index contributed by atoms with van der Waals surface area (Å²) in [6.07, 6.45) is 3.87. The van der Waals surface area contributed by atoms with E-state index in [1.165, 1.54) is 17.4 Å². The second kappa shape index (κ2) is 8.51. The van der Waals surface area contributed by atoms with Gasteiger partial charge in [0.2, 0.25) is 0 Å². The van der Waals surface area contributed by atoms with Gasteiger partial charge in [0.25, 0.3) is 5.91 Å². The Labute approximate surface area is 177 Å². The normalized spacial score (nSPS) is 13.3. The number of amides is 1. The molecule has 1 fully saturated rings. The maximum Gasteiger partial charge on any atom is 0.254 e. The summed E-state index contributed by atoms with van der Waals surface area (Å²) in [5.74, 6) is -1.51. The smallest absolute Gasteiger partial charge is 0.254 e. The van der Waals surface area contributed by atoms with Crippen LogP contribution in [0.4, 0.5) is 9.52 Å². The van der Waals surface area contributed by atoms with Crippen LogP contribution in [0.25, 0.3) is 10.4 Å². The van der Waals surface area contributed by atoms with Crippen molar-refractivity contribution < 1.29 is 14.3 Å². The van der Waals surface area contributed by atoms with Gasteiger partial charge in [0.1, 0.15) is 11.6 Å². The number of anilines is 1. The minimum atomic E-state index is -0.712. The van der Waals surface area contributed by atoms with E-state index in [4.69, 9.17) is 5.26 Å². The molecule has 0 radical (unpaired) electrons. The van der Waals surface area contributed by atoms with Crippen LogP contribution in [0.1, 0.15) is 34.3 Å². The number of halogens is 1. The molecule has 2 aromatic carbocycles. The molecule has 152 valence electrons. The number of aromatic hydroxyl groups is 1. The number of phenolic OH excluding ortho intramolecular Hbond substituents is 1. The lowest BCUT2D eigenvalue weighted by atomic mass is 10.1. The van der Waals surface area contributed by atoms with Gasteiger partial charge in [-0.05, 0) is 42.7 Å². The summed E-state index contributed by atoms with van der Waals surface area (Å²) >= 11 is 1.40. The molecular weight excluding hydrogens is 403 g/mol. The maximum absolute atomic E-state index is 14.7. The Morgan fingerprint density at radius 1 is 1.27 bits per heavy atom. The number of carbonyl (C=O) groups is 1. The van der Waals surface area contributed by atoms with E-state index in [2.05, 4.69) is 15.2 Å². The molecule has 1 aliphatic heterocycles. The van der Waals surface area contributed by atoms with Gasteiger partial charge in [0, 0.05) is 31.4 Å².